The maximum absolute atomic E-state index is 5.02. The first kappa shape index (κ1) is 5.16. The third-order valence-corrected chi connectivity index (χ3v) is 1.44. The van der Waals surface area contributed by atoms with Gasteiger partial charge in [-0.15, -0.1) is 0 Å². The smallest absolute Gasteiger partial charge is 0.156 e. The summed E-state index contributed by atoms with van der Waals surface area (Å²) in [5, 5.41) is 0.243. The number of hydrogen-bond donors (Lipinski definition) is 0. The second-order valence-electron chi connectivity index (χ2n) is 1.71. The van der Waals surface area contributed by atoms with Crippen LogP contribution in [0.5, 0.6) is 0 Å². The van der Waals surface area contributed by atoms with E-state index in [2.05, 4.69) is 22.9 Å². The lowest BCUT2D eigenvalue weighted by atomic mass is 10.3. The van der Waals surface area contributed by atoms with Crippen molar-refractivity contribution in [2.75, 3.05) is 0 Å². The van der Waals surface area contributed by atoms with Crippen molar-refractivity contribution in [2.45, 2.75) is 18.4 Å². The molecule has 0 bridgehead atoms. The Labute approximate surface area is 51.5 Å². The lowest BCUT2D eigenvalue weighted by molar-refractivity contribution is 0.256. The summed E-state index contributed by atoms with van der Waals surface area (Å²) in [6.07, 6.45) is 2.82. The van der Waals surface area contributed by atoms with Gasteiger partial charge < -0.3 is 4.74 Å². The Morgan fingerprint density at radius 1 is 2.00 bits per heavy atom. The molecule has 1 aliphatic rings. The van der Waals surface area contributed by atoms with Crippen molar-refractivity contribution in [3.05, 3.63) is 11.8 Å². The first-order chi connectivity index (χ1) is 3.29. The van der Waals surface area contributed by atoms with Crippen LogP contribution < -0.4 is 0 Å². The van der Waals surface area contributed by atoms with Crippen molar-refractivity contribution in [1.29, 1.82) is 0 Å². The molecule has 40 valence electrons. The second kappa shape index (κ2) is 1.86. The molecule has 0 N–H and O–H groups in total. The molecule has 0 saturated carbocycles. The molecule has 0 saturated heterocycles. The lowest BCUT2D eigenvalue weighted by Gasteiger charge is -1.95. The third kappa shape index (κ3) is 1.20. The van der Waals surface area contributed by atoms with Crippen LogP contribution in [0.25, 0.3) is 0 Å². The highest BCUT2D eigenvalue weighted by molar-refractivity contribution is 9.09. The fourth-order valence-electron chi connectivity index (χ4n) is 0.539. The van der Waals surface area contributed by atoms with E-state index in [1.807, 2.05) is 0 Å². The standard InChI is InChI=1S/C5H7BrO/c1-4-2-5(6)7-3-4/h3,5H,2H2,1H3. The molecule has 1 heterocycles. The van der Waals surface area contributed by atoms with Crippen LogP contribution in [0.15, 0.2) is 11.8 Å². The topological polar surface area (TPSA) is 9.23 Å². The zero-order chi connectivity index (χ0) is 5.28. The minimum absolute atomic E-state index is 0.243. The molecule has 0 spiro atoms. The molecule has 0 amide bonds. The predicted molar refractivity (Wildman–Crippen MR) is 32.2 cm³/mol. The van der Waals surface area contributed by atoms with Crippen LogP contribution in [-0.2, 0) is 4.74 Å². The Hall–Kier alpha value is 0.0200. The number of hydrogen-bond acceptors (Lipinski definition) is 1. The first-order valence-corrected chi connectivity index (χ1v) is 3.16. The van der Waals surface area contributed by atoms with Crippen molar-refractivity contribution in [1.82, 2.24) is 0 Å². The minimum Gasteiger partial charge on any atom is -0.487 e. The zero-order valence-electron chi connectivity index (χ0n) is 4.15. The molecule has 0 aromatic rings. The molecule has 1 atom stereocenters. The molecule has 0 radical (unpaired) electrons. The normalized spacial score (nSPS) is 29.4. The van der Waals surface area contributed by atoms with Crippen molar-refractivity contribution in [3.63, 3.8) is 0 Å². The Bertz CT molecular complexity index is 98.3. The van der Waals surface area contributed by atoms with Crippen LogP contribution in [0, 0.1) is 0 Å². The molecule has 0 aliphatic carbocycles. The molecule has 1 rings (SSSR count). The Kier molecular flexibility index (Phi) is 1.38. The molecular weight excluding hydrogens is 156 g/mol. The average Bonchev–Trinajstić information content (AvgIpc) is 1.87. The zero-order valence-corrected chi connectivity index (χ0v) is 5.73. The maximum Gasteiger partial charge on any atom is 0.156 e. The fourth-order valence-corrected chi connectivity index (χ4v) is 1.16. The van der Waals surface area contributed by atoms with Gasteiger partial charge >= 0.3 is 0 Å². The van der Waals surface area contributed by atoms with Crippen molar-refractivity contribution < 1.29 is 4.74 Å². The molecule has 1 nitrogen and oxygen atoms in total. The van der Waals surface area contributed by atoms with Gasteiger partial charge in [0.15, 0.2) is 5.01 Å². The van der Waals surface area contributed by atoms with E-state index in [9.17, 15) is 0 Å². The van der Waals surface area contributed by atoms with Crippen LogP contribution >= 0.6 is 15.9 Å². The maximum atomic E-state index is 5.02. The van der Waals surface area contributed by atoms with Crippen LogP contribution in [-0.4, -0.2) is 5.01 Å². The van der Waals surface area contributed by atoms with E-state index in [-0.39, 0.29) is 5.01 Å². The van der Waals surface area contributed by atoms with Crippen molar-refractivity contribution in [3.8, 4) is 0 Å². The Morgan fingerprint density at radius 3 is 2.86 bits per heavy atom. The van der Waals surface area contributed by atoms with Gasteiger partial charge in [-0.1, -0.05) is 0 Å². The average molecular weight is 163 g/mol. The van der Waals surface area contributed by atoms with Crippen LogP contribution in [0.1, 0.15) is 13.3 Å². The number of rotatable bonds is 0. The molecule has 0 fully saturated rings. The number of ether oxygens (including phenoxy) is 1. The van der Waals surface area contributed by atoms with Crippen LogP contribution in [0.3, 0.4) is 0 Å². The van der Waals surface area contributed by atoms with Crippen LogP contribution in [0.4, 0.5) is 0 Å². The lowest BCUT2D eigenvalue weighted by Crippen LogP contribution is -1.89. The van der Waals surface area contributed by atoms with E-state index in [1.54, 1.807) is 6.26 Å². The molecular formula is C5H7BrO. The molecule has 2 heteroatoms. The van der Waals surface area contributed by atoms with Gasteiger partial charge in [0, 0.05) is 6.42 Å². The quantitative estimate of drug-likeness (QED) is 0.496. The van der Waals surface area contributed by atoms with Crippen molar-refractivity contribution in [2.24, 2.45) is 0 Å². The van der Waals surface area contributed by atoms with Gasteiger partial charge in [-0.2, -0.15) is 0 Å². The van der Waals surface area contributed by atoms with E-state index < -0.39 is 0 Å². The van der Waals surface area contributed by atoms with E-state index in [0.29, 0.717) is 0 Å². The van der Waals surface area contributed by atoms with Gasteiger partial charge in [-0.25, -0.2) is 0 Å². The third-order valence-electron chi connectivity index (χ3n) is 0.899. The summed E-state index contributed by atoms with van der Waals surface area (Å²) in [6, 6.07) is 0. The summed E-state index contributed by atoms with van der Waals surface area (Å²) in [6.45, 7) is 2.06. The Morgan fingerprint density at radius 2 is 2.71 bits per heavy atom. The van der Waals surface area contributed by atoms with Gasteiger partial charge in [-0.05, 0) is 28.4 Å². The Balaban J connectivity index is 2.42. The summed E-state index contributed by atoms with van der Waals surface area (Å²) >= 11 is 3.30. The van der Waals surface area contributed by atoms with E-state index >= 15 is 0 Å². The molecule has 1 aliphatic heterocycles. The van der Waals surface area contributed by atoms with Gasteiger partial charge in [0.1, 0.15) is 0 Å². The summed E-state index contributed by atoms with van der Waals surface area (Å²) in [4.78, 5) is 0. The molecule has 7 heavy (non-hydrogen) atoms. The highest BCUT2D eigenvalue weighted by Gasteiger charge is 2.09. The fraction of sp³-hybridized carbons (Fsp3) is 0.600. The second-order valence-corrected chi connectivity index (χ2v) is 2.74. The molecule has 1 unspecified atom stereocenters. The summed E-state index contributed by atoms with van der Waals surface area (Å²) < 4.78 is 5.02. The van der Waals surface area contributed by atoms with Gasteiger partial charge in [0.05, 0.1) is 6.26 Å². The van der Waals surface area contributed by atoms with E-state index in [1.165, 1.54) is 5.57 Å². The SMILES string of the molecule is CC1=COC(Br)C1. The highest BCUT2D eigenvalue weighted by atomic mass is 79.9. The van der Waals surface area contributed by atoms with E-state index in [0.717, 1.165) is 6.42 Å². The minimum atomic E-state index is 0.243. The van der Waals surface area contributed by atoms with Crippen molar-refractivity contribution >= 4 is 15.9 Å². The first-order valence-electron chi connectivity index (χ1n) is 2.24. The molecule has 0 aromatic carbocycles. The summed E-state index contributed by atoms with van der Waals surface area (Å²) in [7, 11) is 0. The summed E-state index contributed by atoms with van der Waals surface area (Å²) in [5.41, 5.74) is 1.31. The van der Waals surface area contributed by atoms with E-state index in [4.69, 9.17) is 4.74 Å². The monoisotopic (exact) mass is 162 g/mol. The number of alkyl halides is 1. The predicted octanol–water partition coefficient (Wildman–Crippen LogP) is 2.03. The number of halogens is 1. The van der Waals surface area contributed by atoms with Gasteiger partial charge in [0.25, 0.3) is 0 Å². The van der Waals surface area contributed by atoms with Crippen LogP contribution in [0.2, 0.25) is 0 Å². The molecule has 0 aromatic heterocycles. The summed E-state index contributed by atoms with van der Waals surface area (Å²) in [5.74, 6) is 0. The van der Waals surface area contributed by atoms with Gasteiger partial charge in [0.2, 0.25) is 0 Å². The largest absolute Gasteiger partial charge is 0.487 e. The highest BCUT2D eigenvalue weighted by Crippen LogP contribution is 2.20. The van der Waals surface area contributed by atoms with Gasteiger partial charge in [-0.3, -0.25) is 0 Å².